The molecule has 0 saturated carbocycles. The molecule has 0 bridgehead atoms. The third-order valence-electron chi connectivity index (χ3n) is 1.41. The largest absolute Gasteiger partial charge is 0.384 e. The van der Waals surface area contributed by atoms with E-state index in [1.54, 1.807) is 0 Å². The summed E-state index contributed by atoms with van der Waals surface area (Å²) in [5.74, 6) is 0. The van der Waals surface area contributed by atoms with Crippen LogP contribution in [0.2, 0.25) is 0 Å². The summed E-state index contributed by atoms with van der Waals surface area (Å²) in [6.45, 7) is 0.673. The van der Waals surface area contributed by atoms with E-state index in [0.717, 1.165) is 5.69 Å². The van der Waals surface area contributed by atoms with Gasteiger partial charge in [-0.05, 0) is 12.1 Å². The summed E-state index contributed by atoms with van der Waals surface area (Å²) in [6, 6.07) is 9.59. The molecule has 1 aromatic carbocycles. The lowest BCUT2D eigenvalue weighted by molar-refractivity contribution is -0.304. The molecule has 0 aromatic heterocycles. The summed E-state index contributed by atoms with van der Waals surface area (Å²) in [5.41, 5.74) is 0.972. The number of nitrogens with zero attached hydrogens (tertiary/aromatic N) is 1. The first-order chi connectivity index (χ1) is 5.79. The first-order valence-corrected chi connectivity index (χ1v) is 3.73. The summed E-state index contributed by atoms with van der Waals surface area (Å²) in [4.78, 5) is 0. The van der Waals surface area contributed by atoms with Crippen LogP contribution >= 0.6 is 0 Å². The number of benzene rings is 1. The number of rotatable bonds is 4. The minimum atomic E-state index is 0.163. The van der Waals surface area contributed by atoms with Gasteiger partial charge in [-0.3, -0.25) is 10.4 Å². The molecule has 0 fully saturated rings. The molecular weight excluding hydrogens is 156 g/mol. The van der Waals surface area contributed by atoms with Crippen LogP contribution in [0.25, 0.3) is 0 Å². The molecule has 12 heavy (non-hydrogen) atoms. The standard InChI is InChI=1S/C8H12N2O2/c11-10(12)7-6-9-8-4-2-1-3-5-8/h1-5,9,11-12H,6-7H2. The molecular formula is C8H12N2O2. The van der Waals surface area contributed by atoms with Crippen LogP contribution in [0.4, 0.5) is 5.69 Å². The van der Waals surface area contributed by atoms with E-state index < -0.39 is 0 Å². The van der Waals surface area contributed by atoms with Crippen LogP contribution < -0.4 is 5.32 Å². The van der Waals surface area contributed by atoms with Crippen molar-refractivity contribution in [2.75, 3.05) is 18.4 Å². The summed E-state index contributed by atoms with van der Waals surface area (Å²) >= 11 is 0. The van der Waals surface area contributed by atoms with E-state index in [0.29, 0.717) is 6.54 Å². The normalized spacial score (nSPS) is 10.2. The fraction of sp³-hybridized carbons (Fsp3) is 0.250. The van der Waals surface area contributed by atoms with Crippen molar-refractivity contribution in [2.24, 2.45) is 0 Å². The number of hydroxylamine groups is 2. The summed E-state index contributed by atoms with van der Waals surface area (Å²) in [5, 5.41) is 19.9. The van der Waals surface area contributed by atoms with Crippen molar-refractivity contribution in [1.29, 1.82) is 0 Å². The molecule has 0 aliphatic carbocycles. The number of para-hydroxylation sites is 1. The molecule has 0 amide bonds. The third kappa shape index (κ3) is 3.34. The molecule has 0 heterocycles. The first kappa shape index (κ1) is 8.99. The summed E-state index contributed by atoms with van der Waals surface area (Å²) in [6.07, 6.45) is 0. The Morgan fingerprint density at radius 1 is 1.17 bits per heavy atom. The molecule has 3 N–H and O–H groups in total. The maximum absolute atomic E-state index is 8.38. The molecule has 0 saturated heterocycles. The van der Waals surface area contributed by atoms with Crippen molar-refractivity contribution in [2.45, 2.75) is 0 Å². The molecule has 0 aliphatic heterocycles. The van der Waals surface area contributed by atoms with Crippen LogP contribution in [-0.4, -0.2) is 28.7 Å². The number of nitrogens with one attached hydrogen (secondary N) is 1. The molecule has 0 unspecified atom stereocenters. The second-order valence-corrected chi connectivity index (χ2v) is 2.39. The monoisotopic (exact) mass is 168 g/mol. The molecule has 0 radical (unpaired) electrons. The topological polar surface area (TPSA) is 55.7 Å². The summed E-state index contributed by atoms with van der Waals surface area (Å²) in [7, 11) is 0. The molecule has 1 rings (SSSR count). The van der Waals surface area contributed by atoms with Crippen molar-refractivity contribution < 1.29 is 10.4 Å². The molecule has 66 valence electrons. The minimum absolute atomic E-state index is 0.163. The van der Waals surface area contributed by atoms with Gasteiger partial charge in [-0.2, -0.15) is 0 Å². The van der Waals surface area contributed by atoms with Crippen molar-refractivity contribution >= 4 is 5.69 Å². The lowest BCUT2D eigenvalue weighted by Crippen LogP contribution is -2.21. The fourth-order valence-corrected chi connectivity index (χ4v) is 0.856. The SMILES string of the molecule is ON(O)CCNc1ccccc1. The van der Waals surface area contributed by atoms with Gasteiger partial charge in [0.05, 0.1) is 6.54 Å². The zero-order valence-electron chi connectivity index (χ0n) is 6.64. The highest BCUT2D eigenvalue weighted by molar-refractivity contribution is 5.42. The number of anilines is 1. The second-order valence-electron chi connectivity index (χ2n) is 2.39. The Labute approximate surface area is 71.0 Å². The zero-order valence-corrected chi connectivity index (χ0v) is 6.64. The Bertz CT molecular complexity index is 214. The van der Waals surface area contributed by atoms with Crippen molar-refractivity contribution in [1.82, 2.24) is 5.23 Å². The van der Waals surface area contributed by atoms with Crippen LogP contribution in [-0.2, 0) is 0 Å². The van der Waals surface area contributed by atoms with E-state index in [2.05, 4.69) is 5.32 Å². The van der Waals surface area contributed by atoms with Gasteiger partial charge < -0.3 is 5.32 Å². The van der Waals surface area contributed by atoms with Gasteiger partial charge in [0.1, 0.15) is 0 Å². The van der Waals surface area contributed by atoms with E-state index in [1.165, 1.54) is 0 Å². The van der Waals surface area contributed by atoms with E-state index in [-0.39, 0.29) is 11.8 Å². The minimum Gasteiger partial charge on any atom is -0.384 e. The molecule has 1 aromatic rings. The van der Waals surface area contributed by atoms with Gasteiger partial charge in [0.25, 0.3) is 0 Å². The highest BCUT2D eigenvalue weighted by Crippen LogP contribution is 2.03. The Balaban J connectivity index is 2.25. The lowest BCUT2D eigenvalue weighted by Gasteiger charge is -2.07. The van der Waals surface area contributed by atoms with Crippen molar-refractivity contribution in [3.8, 4) is 0 Å². The van der Waals surface area contributed by atoms with Crippen LogP contribution in [0, 0.1) is 0 Å². The van der Waals surface area contributed by atoms with Crippen molar-refractivity contribution in [3.05, 3.63) is 30.3 Å². The van der Waals surface area contributed by atoms with E-state index in [4.69, 9.17) is 10.4 Å². The molecule has 4 nitrogen and oxygen atoms in total. The molecule has 0 spiro atoms. The highest BCUT2D eigenvalue weighted by atomic mass is 16.8. The molecule has 0 aliphatic rings. The second kappa shape index (κ2) is 4.71. The van der Waals surface area contributed by atoms with Gasteiger partial charge in [0.2, 0.25) is 0 Å². The highest BCUT2D eigenvalue weighted by Gasteiger charge is 1.92. The Hall–Kier alpha value is -1.10. The van der Waals surface area contributed by atoms with Crippen LogP contribution in [0.1, 0.15) is 0 Å². The molecule has 0 atom stereocenters. The average Bonchev–Trinajstić information content (AvgIpc) is 2.05. The van der Waals surface area contributed by atoms with Gasteiger partial charge in [-0.25, -0.2) is 0 Å². The van der Waals surface area contributed by atoms with Gasteiger partial charge in [-0.15, -0.1) is 0 Å². The van der Waals surface area contributed by atoms with Crippen molar-refractivity contribution in [3.63, 3.8) is 0 Å². The van der Waals surface area contributed by atoms with E-state index in [1.807, 2.05) is 30.3 Å². The number of hydrogen-bond acceptors (Lipinski definition) is 4. The van der Waals surface area contributed by atoms with Crippen LogP contribution in [0.15, 0.2) is 30.3 Å². The average molecular weight is 168 g/mol. The predicted octanol–water partition coefficient (Wildman–Crippen LogP) is 1.18. The fourth-order valence-electron chi connectivity index (χ4n) is 0.856. The van der Waals surface area contributed by atoms with Crippen LogP contribution in [0.3, 0.4) is 0 Å². The van der Waals surface area contributed by atoms with Gasteiger partial charge in [-0.1, -0.05) is 23.4 Å². The van der Waals surface area contributed by atoms with Crippen LogP contribution in [0.5, 0.6) is 0 Å². The maximum Gasteiger partial charge on any atom is 0.0685 e. The third-order valence-corrected chi connectivity index (χ3v) is 1.41. The Morgan fingerprint density at radius 3 is 2.42 bits per heavy atom. The van der Waals surface area contributed by atoms with Gasteiger partial charge in [0.15, 0.2) is 0 Å². The quantitative estimate of drug-likeness (QED) is 0.591. The lowest BCUT2D eigenvalue weighted by atomic mass is 10.3. The smallest absolute Gasteiger partial charge is 0.0685 e. The Morgan fingerprint density at radius 2 is 1.83 bits per heavy atom. The predicted molar refractivity (Wildman–Crippen MR) is 45.2 cm³/mol. The number of hydrogen-bond donors (Lipinski definition) is 3. The van der Waals surface area contributed by atoms with Gasteiger partial charge >= 0.3 is 0 Å². The maximum atomic E-state index is 8.38. The van der Waals surface area contributed by atoms with E-state index in [9.17, 15) is 0 Å². The Kier molecular flexibility index (Phi) is 3.53. The first-order valence-electron chi connectivity index (χ1n) is 3.73. The summed E-state index contributed by atoms with van der Waals surface area (Å²) < 4.78 is 0. The van der Waals surface area contributed by atoms with Gasteiger partial charge in [0, 0.05) is 12.2 Å². The zero-order chi connectivity index (χ0) is 8.81. The van der Waals surface area contributed by atoms with E-state index >= 15 is 0 Å². The molecule has 4 heteroatoms.